The number of hydrogen-bond donors (Lipinski definition) is 4. The van der Waals surface area contributed by atoms with Crippen LogP contribution >= 0.6 is 34.0 Å². The molecule has 39 heavy (non-hydrogen) atoms. The van der Waals surface area contributed by atoms with Crippen LogP contribution in [0.4, 0.5) is 0 Å². The molecule has 6 N–H and O–H groups in total. The Balaban J connectivity index is 1.53. The molecule has 5 rings (SSSR count). The highest BCUT2D eigenvalue weighted by atomic mass is 32.1. The van der Waals surface area contributed by atoms with Gasteiger partial charge in [0.1, 0.15) is 0 Å². The lowest BCUT2D eigenvalue weighted by Gasteiger charge is -2.00. The van der Waals surface area contributed by atoms with E-state index >= 15 is 0 Å². The molecule has 0 aliphatic heterocycles. The third kappa shape index (κ3) is 6.03. The fourth-order valence-corrected chi connectivity index (χ4v) is 8.01. The van der Waals surface area contributed by atoms with Gasteiger partial charge in [0.05, 0.1) is 12.8 Å². The Morgan fingerprint density at radius 3 is 1.28 bits per heavy atom. The summed E-state index contributed by atoms with van der Waals surface area (Å²) >= 11 is 4.68. The summed E-state index contributed by atoms with van der Waals surface area (Å²) in [6.45, 7) is 0.928. The summed E-state index contributed by atoms with van der Waals surface area (Å²) in [7, 11) is 0. The van der Waals surface area contributed by atoms with E-state index in [9.17, 15) is 19.8 Å². The second-order valence-corrected chi connectivity index (χ2v) is 12.2. The Bertz CT molecular complexity index is 1510. The normalized spacial score (nSPS) is 11.1. The highest BCUT2D eigenvalue weighted by molar-refractivity contribution is 7.28. The largest absolute Gasteiger partial charge is 0.481 e. The van der Waals surface area contributed by atoms with E-state index in [2.05, 4.69) is 0 Å². The van der Waals surface area contributed by atoms with E-state index in [0.717, 1.165) is 62.6 Å². The summed E-state index contributed by atoms with van der Waals surface area (Å²) in [5.74, 6) is -1.77. The van der Waals surface area contributed by atoms with Crippen LogP contribution in [-0.2, 0) is 35.5 Å². The zero-order valence-corrected chi connectivity index (χ0v) is 23.3. The van der Waals surface area contributed by atoms with Crippen LogP contribution < -0.4 is 11.5 Å². The first kappa shape index (κ1) is 27.0. The third-order valence-corrected chi connectivity index (χ3v) is 10.2. The first-order valence-corrected chi connectivity index (χ1v) is 14.7. The van der Waals surface area contributed by atoms with E-state index in [4.69, 9.17) is 11.5 Å². The van der Waals surface area contributed by atoms with Crippen molar-refractivity contribution in [2.75, 3.05) is 0 Å². The predicted molar refractivity (Wildman–Crippen MR) is 160 cm³/mol. The molecule has 0 saturated carbocycles. The second-order valence-electron chi connectivity index (χ2n) is 9.04. The Morgan fingerprint density at radius 1 is 0.564 bits per heavy atom. The number of hydrogen-bond acceptors (Lipinski definition) is 7. The molecule has 198 valence electrons. The fraction of sp³-hybridized carbons (Fsp3) is 0.133. The highest BCUT2D eigenvalue weighted by Gasteiger charge is 2.20. The van der Waals surface area contributed by atoms with Crippen LogP contribution in [0.3, 0.4) is 0 Å². The maximum Gasteiger partial charge on any atom is 0.307 e. The predicted octanol–water partition coefficient (Wildman–Crippen LogP) is 6.71. The SMILES string of the molecule is NCc1ccc(-c2cc(CC(=O)O)c(-c3ccc(-c4sc(-c5ccc(CN)cc5)cc4CC(=O)O)s3)s2)cc1. The topological polar surface area (TPSA) is 127 Å². The van der Waals surface area contributed by atoms with Crippen LogP contribution in [0.15, 0.2) is 72.8 Å². The Hall–Kier alpha value is -3.60. The minimum Gasteiger partial charge on any atom is -0.481 e. The van der Waals surface area contributed by atoms with Crippen molar-refractivity contribution in [3.63, 3.8) is 0 Å². The standard InChI is InChI=1S/C30H26N2O4S3/c31-15-17-1-5-19(6-2-17)25-11-21(13-27(33)34)29(38-25)23-9-10-24(37-23)30-22(14-28(35)36)12-26(39-30)20-7-3-18(16-32)4-8-20/h1-12H,13-16,31-32H2,(H,33,34)(H,35,36). The summed E-state index contributed by atoms with van der Waals surface area (Å²) in [4.78, 5) is 29.1. The fourth-order valence-electron chi connectivity index (χ4n) is 4.34. The van der Waals surface area contributed by atoms with E-state index in [0.29, 0.717) is 13.1 Å². The summed E-state index contributed by atoms with van der Waals surface area (Å²) in [5, 5.41) is 19.1. The molecule has 0 saturated heterocycles. The third-order valence-electron chi connectivity index (χ3n) is 6.30. The lowest BCUT2D eigenvalue weighted by Crippen LogP contribution is -1.99. The molecule has 5 aromatic rings. The van der Waals surface area contributed by atoms with Gasteiger partial charge in [-0.05, 0) is 57.6 Å². The van der Waals surface area contributed by atoms with Crippen molar-refractivity contribution in [3.05, 3.63) is 95.1 Å². The van der Waals surface area contributed by atoms with E-state index in [1.54, 1.807) is 34.0 Å². The van der Waals surface area contributed by atoms with Gasteiger partial charge in [0.25, 0.3) is 0 Å². The van der Waals surface area contributed by atoms with Crippen molar-refractivity contribution < 1.29 is 19.8 Å². The zero-order chi connectivity index (χ0) is 27.5. The van der Waals surface area contributed by atoms with Crippen LogP contribution in [0.1, 0.15) is 22.3 Å². The van der Waals surface area contributed by atoms with Crippen molar-refractivity contribution in [1.82, 2.24) is 0 Å². The van der Waals surface area contributed by atoms with Gasteiger partial charge in [-0.25, -0.2) is 0 Å². The second kappa shape index (κ2) is 11.6. The molecule has 3 aromatic heterocycles. The first-order valence-electron chi connectivity index (χ1n) is 12.2. The number of nitrogens with two attached hydrogens (primary N) is 2. The van der Waals surface area contributed by atoms with Gasteiger partial charge < -0.3 is 21.7 Å². The molecule has 0 spiro atoms. The average Bonchev–Trinajstić information content (AvgIpc) is 3.67. The van der Waals surface area contributed by atoms with Crippen LogP contribution in [-0.4, -0.2) is 22.2 Å². The molecule has 9 heteroatoms. The zero-order valence-electron chi connectivity index (χ0n) is 20.8. The number of carboxylic acid groups (broad SMARTS) is 2. The minimum atomic E-state index is -0.886. The highest BCUT2D eigenvalue weighted by Crippen LogP contribution is 2.46. The number of carbonyl (C=O) groups is 2. The van der Waals surface area contributed by atoms with Gasteiger partial charge in [-0.3, -0.25) is 9.59 Å². The Kier molecular flexibility index (Phi) is 8.06. The first-order chi connectivity index (χ1) is 18.8. The quantitative estimate of drug-likeness (QED) is 0.147. The smallest absolute Gasteiger partial charge is 0.307 e. The van der Waals surface area contributed by atoms with Crippen LogP contribution in [0.2, 0.25) is 0 Å². The molecule has 3 heterocycles. The van der Waals surface area contributed by atoms with Gasteiger partial charge in [0.15, 0.2) is 0 Å². The van der Waals surface area contributed by atoms with E-state index in [-0.39, 0.29) is 12.8 Å². The van der Waals surface area contributed by atoms with Gasteiger partial charge in [-0.1, -0.05) is 48.5 Å². The minimum absolute atomic E-state index is 0.0772. The van der Waals surface area contributed by atoms with Gasteiger partial charge in [0.2, 0.25) is 0 Å². The van der Waals surface area contributed by atoms with Crippen molar-refractivity contribution in [2.45, 2.75) is 25.9 Å². The number of thiophene rings is 3. The number of aliphatic carboxylic acids is 2. The number of carboxylic acids is 2. The molecule has 0 bridgehead atoms. The lowest BCUT2D eigenvalue weighted by molar-refractivity contribution is -0.137. The summed E-state index contributed by atoms with van der Waals surface area (Å²) < 4.78 is 0. The number of benzene rings is 2. The van der Waals surface area contributed by atoms with Crippen LogP contribution in [0.25, 0.3) is 40.4 Å². The van der Waals surface area contributed by atoms with Crippen LogP contribution in [0.5, 0.6) is 0 Å². The molecule has 6 nitrogen and oxygen atoms in total. The number of rotatable bonds is 10. The van der Waals surface area contributed by atoms with Crippen molar-refractivity contribution in [3.8, 4) is 40.4 Å². The van der Waals surface area contributed by atoms with Crippen molar-refractivity contribution >= 4 is 45.9 Å². The van der Waals surface area contributed by atoms with Gasteiger partial charge >= 0.3 is 11.9 Å². The maximum absolute atomic E-state index is 11.7. The summed E-state index contributed by atoms with van der Waals surface area (Å²) in [5.41, 5.74) is 17.1. The van der Waals surface area contributed by atoms with E-state index in [1.807, 2.05) is 72.8 Å². The molecular formula is C30H26N2O4S3. The Morgan fingerprint density at radius 2 is 0.949 bits per heavy atom. The lowest BCUT2D eigenvalue weighted by atomic mass is 10.1. The summed E-state index contributed by atoms with van der Waals surface area (Å²) in [6.07, 6.45) is -0.154. The van der Waals surface area contributed by atoms with Gasteiger partial charge in [-0.2, -0.15) is 0 Å². The Labute approximate surface area is 237 Å². The van der Waals surface area contributed by atoms with Gasteiger partial charge in [-0.15, -0.1) is 34.0 Å². The molecular weight excluding hydrogens is 549 g/mol. The molecule has 0 aliphatic carbocycles. The molecule has 0 amide bonds. The maximum atomic E-state index is 11.7. The van der Waals surface area contributed by atoms with Crippen molar-refractivity contribution in [1.29, 1.82) is 0 Å². The molecule has 0 aliphatic rings. The van der Waals surface area contributed by atoms with E-state index in [1.165, 1.54) is 0 Å². The monoisotopic (exact) mass is 574 g/mol. The van der Waals surface area contributed by atoms with Crippen molar-refractivity contribution in [2.24, 2.45) is 11.5 Å². The molecule has 0 unspecified atom stereocenters. The molecule has 0 fully saturated rings. The molecule has 0 radical (unpaired) electrons. The molecule has 0 atom stereocenters. The summed E-state index contributed by atoms with van der Waals surface area (Å²) in [6, 6.07) is 23.9. The van der Waals surface area contributed by atoms with Crippen LogP contribution in [0, 0.1) is 0 Å². The molecule has 2 aromatic carbocycles. The van der Waals surface area contributed by atoms with E-state index < -0.39 is 11.9 Å². The average molecular weight is 575 g/mol. The van der Waals surface area contributed by atoms with Gasteiger partial charge in [0, 0.05) is 42.4 Å².